The van der Waals surface area contributed by atoms with Gasteiger partial charge in [-0.05, 0) is 78.5 Å². The van der Waals surface area contributed by atoms with E-state index in [1.807, 2.05) is 80.6 Å². The molecule has 1 aliphatic heterocycles. The molecule has 5 atom stereocenters. The van der Waals surface area contributed by atoms with Crippen LogP contribution in [-0.4, -0.2) is 58.2 Å². The summed E-state index contributed by atoms with van der Waals surface area (Å²) in [7, 11) is -1.30. The molecule has 0 spiro atoms. The number of methoxy groups -OCH3 is 1. The van der Waals surface area contributed by atoms with Gasteiger partial charge in [0.25, 0.3) is 8.32 Å². The van der Waals surface area contributed by atoms with Gasteiger partial charge in [0.2, 0.25) is 0 Å². The maximum atomic E-state index is 17.0. The van der Waals surface area contributed by atoms with E-state index in [1.54, 1.807) is 45.2 Å². The molecule has 5 rings (SSSR count). The van der Waals surface area contributed by atoms with Gasteiger partial charge >= 0.3 is 5.97 Å². The smallest absolute Gasteiger partial charge is 0.338 e. The molecule has 7 nitrogen and oxygen atoms in total. The second kappa shape index (κ2) is 18.0. The van der Waals surface area contributed by atoms with Gasteiger partial charge in [-0.2, -0.15) is 0 Å². The first-order valence-corrected chi connectivity index (χ1v) is 20.6. The van der Waals surface area contributed by atoms with Crippen molar-refractivity contribution in [1.82, 2.24) is 0 Å². The van der Waals surface area contributed by atoms with Crippen LogP contribution in [0.4, 0.5) is 4.39 Å². The Labute approximate surface area is 321 Å². The van der Waals surface area contributed by atoms with Crippen LogP contribution in [0, 0.1) is 5.92 Å². The van der Waals surface area contributed by atoms with Crippen LogP contribution < -0.4 is 15.1 Å². The normalized spacial score (nSPS) is 19.2. The van der Waals surface area contributed by atoms with E-state index < -0.39 is 56.2 Å². The fraction of sp³-hybridized carbons (Fsp3) is 0.400. The fourth-order valence-corrected chi connectivity index (χ4v) is 11.8. The molecular weight excluding hydrogens is 700 g/mol. The molecule has 1 aliphatic rings. The molecule has 0 aromatic heterocycles. The number of ether oxygens (including phenoxy) is 5. The zero-order chi connectivity index (χ0) is 38.9. The standard InChI is InChI=1S/C45H55FO7Si/c1-32(33(2)53-54(44(3,4)5,37-20-14-10-15-21-37)38-22-16-11-17-23-38)30-39(46)41(50-43(47)35-18-12-9-13-19-35)42-40(51-45(6,7)52-42)28-29-49-31-34-24-26-36(48-8)27-25-34/h9-27,30,32-33,40-42H,28-29,31H2,1-8H3/t32-,33+,40+,41?,42?/m1/s1. The van der Waals surface area contributed by atoms with Crippen LogP contribution in [-0.2, 0) is 30.0 Å². The summed E-state index contributed by atoms with van der Waals surface area (Å²) in [5, 5.41) is 2.01. The molecule has 2 unspecified atom stereocenters. The maximum Gasteiger partial charge on any atom is 0.338 e. The van der Waals surface area contributed by atoms with Crippen molar-refractivity contribution in [2.75, 3.05) is 13.7 Å². The number of hydrogen-bond donors (Lipinski definition) is 0. The molecule has 0 N–H and O–H groups in total. The third-order valence-electron chi connectivity index (χ3n) is 9.95. The Balaban J connectivity index is 1.41. The molecule has 0 aliphatic carbocycles. The molecular formula is C45H55FO7Si. The van der Waals surface area contributed by atoms with E-state index in [9.17, 15) is 4.79 Å². The predicted octanol–water partition coefficient (Wildman–Crippen LogP) is 8.80. The Hall–Kier alpha value is -4.12. The summed E-state index contributed by atoms with van der Waals surface area (Å²) in [6.45, 7) is 14.8. The number of rotatable bonds is 16. The lowest BCUT2D eigenvalue weighted by molar-refractivity contribution is -0.155. The molecule has 9 heteroatoms. The largest absolute Gasteiger partial charge is 0.497 e. The average Bonchev–Trinajstić information content (AvgIpc) is 3.48. The number of carbonyl (C=O) groups excluding carboxylic acids is 1. The first kappa shape index (κ1) is 41.0. The van der Waals surface area contributed by atoms with Gasteiger partial charge in [-0.3, -0.25) is 0 Å². The second-order valence-electron chi connectivity index (χ2n) is 15.4. The summed E-state index contributed by atoms with van der Waals surface area (Å²) in [5.41, 5.74) is 1.30. The third kappa shape index (κ3) is 9.94. The van der Waals surface area contributed by atoms with Gasteiger partial charge in [0.05, 0.1) is 25.4 Å². The summed E-state index contributed by atoms with van der Waals surface area (Å²) in [6, 6.07) is 37.0. The van der Waals surface area contributed by atoms with Crippen LogP contribution in [0.5, 0.6) is 5.75 Å². The zero-order valence-corrected chi connectivity index (χ0v) is 33.8. The van der Waals surface area contributed by atoms with Crippen LogP contribution in [0.3, 0.4) is 0 Å². The van der Waals surface area contributed by atoms with Gasteiger partial charge in [-0.25, -0.2) is 9.18 Å². The number of hydrogen-bond acceptors (Lipinski definition) is 7. The van der Waals surface area contributed by atoms with E-state index in [0.717, 1.165) is 21.7 Å². The lowest BCUT2D eigenvalue weighted by Gasteiger charge is -2.45. The predicted molar refractivity (Wildman–Crippen MR) is 213 cm³/mol. The van der Waals surface area contributed by atoms with E-state index in [1.165, 1.54) is 6.08 Å². The van der Waals surface area contributed by atoms with Crippen molar-refractivity contribution in [2.45, 2.75) is 96.7 Å². The van der Waals surface area contributed by atoms with Crippen LogP contribution in [0.1, 0.15) is 70.8 Å². The summed E-state index contributed by atoms with van der Waals surface area (Å²) in [4.78, 5) is 13.5. The SMILES string of the molecule is COc1ccc(COCC[C@@H]2OC(C)(C)OC2C(OC(=O)c2ccccc2)C(F)=C[C@@H](C)[C@H](C)O[Si](c2ccccc2)(c2ccccc2)C(C)(C)C)cc1. The van der Waals surface area contributed by atoms with Gasteiger partial charge < -0.3 is 28.1 Å². The Morgan fingerprint density at radius 1 is 0.852 bits per heavy atom. The monoisotopic (exact) mass is 754 g/mol. The van der Waals surface area contributed by atoms with Crippen LogP contribution >= 0.6 is 0 Å². The molecule has 1 saturated heterocycles. The van der Waals surface area contributed by atoms with Crippen LogP contribution in [0.25, 0.3) is 0 Å². The maximum absolute atomic E-state index is 17.0. The van der Waals surface area contributed by atoms with E-state index >= 15 is 4.39 Å². The van der Waals surface area contributed by atoms with Gasteiger partial charge in [-0.1, -0.05) is 119 Å². The number of benzene rings is 4. The summed E-state index contributed by atoms with van der Waals surface area (Å²) >= 11 is 0. The van der Waals surface area contributed by atoms with E-state index in [0.29, 0.717) is 25.2 Å². The highest BCUT2D eigenvalue weighted by molar-refractivity contribution is 6.99. The third-order valence-corrected chi connectivity index (χ3v) is 15.1. The van der Waals surface area contributed by atoms with Gasteiger partial charge in [0.15, 0.2) is 11.9 Å². The molecule has 4 aromatic rings. The summed E-state index contributed by atoms with van der Waals surface area (Å²) in [6.07, 6.45) is -1.45. The second-order valence-corrected chi connectivity index (χ2v) is 19.7. The van der Waals surface area contributed by atoms with Gasteiger partial charge in [-0.15, -0.1) is 0 Å². The van der Waals surface area contributed by atoms with E-state index in [-0.39, 0.29) is 5.04 Å². The minimum Gasteiger partial charge on any atom is -0.497 e. The van der Waals surface area contributed by atoms with E-state index in [4.69, 9.17) is 28.1 Å². The van der Waals surface area contributed by atoms with Crippen molar-refractivity contribution < 1.29 is 37.3 Å². The van der Waals surface area contributed by atoms with Crippen molar-refractivity contribution in [3.05, 3.63) is 138 Å². The molecule has 4 aromatic carbocycles. The topological polar surface area (TPSA) is 72.5 Å². The van der Waals surface area contributed by atoms with Gasteiger partial charge in [0, 0.05) is 18.6 Å². The van der Waals surface area contributed by atoms with Crippen molar-refractivity contribution in [2.24, 2.45) is 5.92 Å². The molecule has 1 fully saturated rings. The summed E-state index contributed by atoms with van der Waals surface area (Å²) < 4.78 is 54.2. The Morgan fingerprint density at radius 2 is 1.41 bits per heavy atom. The molecule has 0 radical (unpaired) electrons. The first-order valence-electron chi connectivity index (χ1n) is 18.7. The molecule has 288 valence electrons. The Bertz CT molecular complexity index is 1750. The van der Waals surface area contributed by atoms with Crippen LogP contribution in [0.2, 0.25) is 5.04 Å². The Kier molecular flexibility index (Phi) is 13.7. The molecule has 0 amide bonds. The molecule has 1 heterocycles. The molecule has 54 heavy (non-hydrogen) atoms. The van der Waals surface area contributed by atoms with Crippen molar-refractivity contribution in [3.63, 3.8) is 0 Å². The van der Waals surface area contributed by atoms with Gasteiger partial charge in [0.1, 0.15) is 17.7 Å². The highest BCUT2D eigenvalue weighted by Crippen LogP contribution is 2.39. The minimum atomic E-state index is -2.93. The lowest BCUT2D eigenvalue weighted by atomic mass is 10.00. The van der Waals surface area contributed by atoms with Crippen molar-refractivity contribution in [3.8, 4) is 5.75 Å². The fourth-order valence-electron chi connectivity index (χ4n) is 7.05. The highest BCUT2D eigenvalue weighted by atomic mass is 28.4. The zero-order valence-electron chi connectivity index (χ0n) is 32.8. The van der Waals surface area contributed by atoms with Crippen LogP contribution in [0.15, 0.2) is 127 Å². The summed E-state index contributed by atoms with van der Waals surface area (Å²) in [5.74, 6) is -1.97. The van der Waals surface area contributed by atoms with Crippen molar-refractivity contribution >= 4 is 24.7 Å². The Morgan fingerprint density at radius 3 is 1.94 bits per heavy atom. The number of halogens is 1. The molecule has 0 bridgehead atoms. The van der Waals surface area contributed by atoms with Crippen molar-refractivity contribution in [1.29, 1.82) is 0 Å². The average molecular weight is 755 g/mol. The first-order chi connectivity index (χ1) is 25.7. The number of carbonyl (C=O) groups is 1. The number of esters is 1. The highest BCUT2D eigenvalue weighted by Gasteiger charge is 2.52. The molecule has 0 saturated carbocycles. The minimum absolute atomic E-state index is 0.261. The quantitative estimate of drug-likeness (QED) is 0.0644. The van der Waals surface area contributed by atoms with E-state index in [2.05, 4.69) is 45.0 Å². The lowest BCUT2D eigenvalue weighted by Crippen LogP contribution is -2.67.